The first-order chi connectivity index (χ1) is 26.3. The molecule has 3 N–H and O–H groups in total. The molecule has 0 aliphatic rings. The summed E-state index contributed by atoms with van der Waals surface area (Å²) in [5.41, 5.74) is 1.26. The van der Waals surface area contributed by atoms with Crippen molar-refractivity contribution in [2.75, 3.05) is 59.0 Å². The van der Waals surface area contributed by atoms with E-state index in [0.29, 0.717) is 12.1 Å². The number of ether oxygens (including phenoxy) is 3. The van der Waals surface area contributed by atoms with Gasteiger partial charge in [0.2, 0.25) is 0 Å². The van der Waals surface area contributed by atoms with Crippen molar-refractivity contribution in [3.8, 4) is 6.07 Å². The number of anilines is 1. The predicted molar refractivity (Wildman–Crippen MR) is 205 cm³/mol. The maximum absolute atomic E-state index is 14.0. The number of hydrogen-bond acceptors (Lipinski definition) is 10. The zero-order chi connectivity index (χ0) is 40.9. The number of rotatable bonds is 20. The van der Waals surface area contributed by atoms with Crippen molar-refractivity contribution in [3.05, 3.63) is 66.2 Å². The van der Waals surface area contributed by atoms with Crippen LogP contribution in [-0.2, 0) is 35.0 Å². The summed E-state index contributed by atoms with van der Waals surface area (Å²) in [6.07, 6.45) is 0.701. The Balaban J connectivity index is 2.45. The summed E-state index contributed by atoms with van der Waals surface area (Å²) in [6.45, 7) is 6.75. The molecular formula is C39H55N7O9. The summed E-state index contributed by atoms with van der Waals surface area (Å²) in [4.78, 5) is 83.5. The second-order valence-corrected chi connectivity index (χ2v) is 13.1. The number of carbonyl (C=O) groups is 6. The molecule has 300 valence electrons. The van der Waals surface area contributed by atoms with Gasteiger partial charge in [-0.05, 0) is 29.5 Å². The van der Waals surface area contributed by atoms with Gasteiger partial charge in [-0.2, -0.15) is 5.26 Å². The Labute approximate surface area is 323 Å². The maximum atomic E-state index is 14.0. The van der Waals surface area contributed by atoms with Crippen LogP contribution in [0.3, 0.4) is 0 Å². The third-order valence-corrected chi connectivity index (χ3v) is 9.03. The molecular weight excluding hydrogens is 710 g/mol. The van der Waals surface area contributed by atoms with E-state index in [1.165, 1.54) is 36.0 Å². The van der Waals surface area contributed by atoms with Crippen LogP contribution >= 0.6 is 0 Å². The standard InChI is InChI=1S/C39H55N7O9/c1-8-28(4)33(36(49)55-7)43-38(51)44(21-15-20-40)22-23-45(37(50)42-32(27(2)3)35(48)54-6)24-25-46(30-18-13-10-14-19-30)39(52)41-31(34(47)53-5)26-29-16-11-9-12-17-29/h9-14,16-19,27-28,31-33H,8,15,21-26H2,1-7H3,(H,41,52)(H,42,50)(H,43,51)/t28-,31-,32-,33-/m0/s1. The van der Waals surface area contributed by atoms with E-state index < -0.39 is 54.1 Å². The SMILES string of the molecule is CC[C@H](C)[C@H](NC(=O)N(CCC#N)CCN(CCN(C(=O)N[C@@H](Cc1ccccc1)C(=O)OC)c1ccccc1)C(=O)N[C@H](C(=O)OC)C(C)C)C(=O)OC. The molecule has 0 fully saturated rings. The first-order valence-corrected chi connectivity index (χ1v) is 18.2. The van der Waals surface area contributed by atoms with Crippen LogP contribution < -0.4 is 20.9 Å². The number of hydrogen-bond donors (Lipinski definition) is 3. The molecule has 0 spiro atoms. The van der Waals surface area contributed by atoms with Gasteiger partial charge in [0.1, 0.15) is 18.1 Å². The van der Waals surface area contributed by atoms with Crippen LogP contribution in [0.25, 0.3) is 0 Å². The zero-order valence-corrected chi connectivity index (χ0v) is 32.8. The molecule has 2 rings (SSSR count). The molecule has 2 aromatic rings. The highest BCUT2D eigenvalue weighted by Crippen LogP contribution is 2.16. The number of amides is 6. The van der Waals surface area contributed by atoms with E-state index in [0.717, 1.165) is 5.56 Å². The first-order valence-electron chi connectivity index (χ1n) is 18.2. The Hall–Kier alpha value is -5.85. The van der Waals surface area contributed by atoms with Gasteiger partial charge in [0, 0.05) is 44.8 Å². The lowest BCUT2D eigenvalue weighted by atomic mass is 9.99. The highest BCUT2D eigenvalue weighted by Gasteiger charge is 2.32. The highest BCUT2D eigenvalue weighted by molar-refractivity contribution is 5.95. The van der Waals surface area contributed by atoms with Gasteiger partial charge in [-0.25, -0.2) is 28.8 Å². The van der Waals surface area contributed by atoms with E-state index in [4.69, 9.17) is 14.2 Å². The van der Waals surface area contributed by atoms with E-state index in [2.05, 4.69) is 16.0 Å². The Kier molecular flexibility index (Phi) is 19.6. The number of nitrogens with one attached hydrogen (secondary N) is 3. The number of nitriles is 1. The fraction of sp³-hybridized carbons (Fsp3) is 0.513. The molecule has 55 heavy (non-hydrogen) atoms. The normalized spacial score (nSPS) is 12.8. The number of esters is 3. The molecule has 0 aromatic heterocycles. The van der Waals surface area contributed by atoms with E-state index >= 15 is 0 Å². The number of benzene rings is 2. The molecule has 6 amide bonds. The molecule has 16 heteroatoms. The quantitative estimate of drug-likeness (QED) is 0.132. The third kappa shape index (κ3) is 14.5. The minimum absolute atomic E-state index is 0.0160. The first kappa shape index (κ1) is 45.3. The Morgan fingerprint density at radius 1 is 0.655 bits per heavy atom. The van der Waals surface area contributed by atoms with Crippen molar-refractivity contribution in [2.45, 2.75) is 65.1 Å². The van der Waals surface area contributed by atoms with Crippen molar-refractivity contribution in [3.63, 3.8) is 0 Å². The van der Waals surface area contributed by atoms with Crippen LogP contribution in [0.5, 0.6) is 0 Å². The van der Waals surface area contributed by atoms with Crippen molar-refractivity contribution >= 4 is 41.7 Å². The number of nitrogens with zero attached hydrogens (tertiary/aromatic N) is 4. The topological polar surface area (TPSA) is 200 Å². The van der Waals surface area contributed by atoms with Crippen LogP contribution in [-0.4, -0.2) is 118 Å². The minimum Gasteiger partial charge on any atom is -0.467 e. The highest BCUT2D eigenvalue weighted by atomic mass is 16.5. The smallest absolute Gasteiger partial charge is 0.328 e. The third-order valence-electron chi connectivity index (χ3n) is 9.03. The molecule has 2 aromatic carbocycles. The summed E-state index contributed by atoms with van der Waals surface area (Å²) >= 11 is 0. The Morgan fingerprint density at radius 3 is 1.65 bits per heavy atom. The molecule has 0 saturated carbocycles. The van der Waals surface area contributed by atoms with Gasteiger partial charge in [0.15, 0.2) is 0 Å². The summed E-state index contributed by atoms with van der Waals surface area (Å²) in [7, 11) is 3.67. The van der Waals surface area contributed by atoms with Crippen LogP contribution in [0.2, 0.25) is 0 Å². The van der Waals surface area contributed by atoms with Crippen molar-refractivity contribution < 1.29 is 43.0 Å². The second-order valence-electron chi connectivity index (χ2n) is 13.1. The molecule has 0 saturated heterocycles. The van der Waals surface area contributed by atoms with Crippen molar-refractivity contribution in [1.82, 2.24) is 25.8 Å². The van der Waals surface area contributed by atoms with Gasteiger partial charge in [-0.3, -0.25) is 4.90 Å². The summed E-state index contributed by atoms with van der Waals surface area (Å²) in [5, 5.41) is 17.6. The average molecular weight is 766 g/mol. The summed E-state index contributed by atoms with van der Waals surface area (Å²) in [6, 6.07) is 14.8. The van der Waals surface area contributed by atoms with Gasteiger partial charge in [0.25, 0.3) is 0 Å². The van der Waals surface area contributed by atoms with Crippen LogP contribution in [0, 0.1) is 23.2 Å². The summed E-state index contributed by atoms with van der Waals surface area (Å²) < 4.78 is 14.8. The number of methoxy groups -OCH3 is 3. The van der Waals surface area contributed by atoms with Gasteiger partial charge >= 0.3 is 36.0 Å². The monoisotopic (exact) mass is 765 g/mol. The molecule has 4 atom stereocenters. The van der Waals surface area contributed by atoms with Gasteiger partial charge in [-0.1, -0.05) is 82.6 Å². The lowest BCUT2D eigenvalue weighted by molar-refractivity contribution is -0.145. The number of carbonyl (C=O) groups excluding carboxylic acids is 6. The molecule has 0 radical (unpaired) electrons. The van der Waals surface area contributed by atoms with Crippen molar-refractivity contribution in [1.29, 1.82) is 5.26 Å². The molecule has 0 heterocycles. The fourth-order valence-electron chi connectivity index (χ4n) is 5.51. The summed E-state index contributed by atoms with van der Waals surface area (Å²) in [5.74, 6) is -2.53. The fourth-order valence-corrected chi connectivity index (χ4v) is 5.51. The number of para-hydroxylation sites is 1. The molecule has 0 aliphatic heterocycles. The Morgan fingerprint density at radius 2 is 1.15 bits per heavy atom. The molecule has 0 unspecified atom stereocenters. The lowest BCUT2D eigenvalue weighted by Gasteiger charge is -2.33. The maximum Gasteiger partial charge on any atom is 0.328 e. The average Bonchev–Trinajstić information content (AvgIpc) is 3.20. The lowest BCUT2D eigenvalue weighted by Crippen LogP contribution is -2.56. The number of urea groups is 3. The van der Waals surface area contributed by atoms with E-state index in [-0.39, 0.29) is 57.4 Å². The Bertz CT molecular complexity index is 1590. The van der Waals surface area contributed by atoms with E-state index in [1.54, 1.807) is 51.1 Å². The van der Waals surface area contributed by atoms with Crippen LogP contribution in [0.1, 0.15) is 46.1 Å². The molecule has 16 nitrogen and oxygen atoms in total. The van der Waals surface area contributed by atoms with Crippen LogP contribution in [0.4, 0.5) is 20.1 Å². The van der Waals surface area contributed by atoms with Crippen molar-refractivity contribution in [2.24, 2.45) is 11.8 Å². The molecule has 0 aliphatic carbocycles. The van der Waals surface area contributed by atoms with Gasteiger partial charge in [0.05, 0.1) is 33.8 Å². The zero-order valence-electron chi connectivity index (χ0n) is 32.8. The van der Waals surface area contributed by atoms with E-state index in [1.807, 2.05) is 43.3 Å². The van der Waals surface area contributed by atoms with Crippen LogP contribution in [0.15, 0.2) is 60.7 Å². The van der Waals surface area contributed by atoms with Gasteiger partial charge in [-0.15, -0.1) is 0 Å². The second kappa shape index (κ2) is 23.7. The molecule has 0 bridgehead atoms. The predicted octanol–water partition coefficient (Wildman–Crippen LogP) is 3.71. The largest absolute Gasteiger partial charge is 0.467 e. The van der Waals surface area contributed by atoms with Gasteiger partial charge < -0.3 is 40.0 Å². The minimum atomic E-state index is -1.03. The van der Waals surface area contributed by atoms with E-state index in [9.17, 15) is 34.0 Å².